The van der Waals surface area contributed by atoms with Crippen LogP contribution in [0.2, 0.25) is 0 Å². The zero-order valence-electron chi connectivity index (χ0n) is 20.1. The number of nitrogens with one attached hydrogen (secondary N) is 1. The van der Waals surface area contributed by atoms with Crippen LogP contribution in [0.4, 0.5) is 10.3 Å². The van der Waals surface area contributed by atoms with Crippen molar-refractivity contribution >= 4 is 66.2 Å². The first kappa shape index (κ1) is 27.8. The Morgan fingerprint density at radius 1 is 1.18 bits per heavy atom. The molecule has 4 aromatic heterocycles. The number of hydrogen-bond donors (Lipinski definition) is 4. The predicted molar refractivity (Wildman–Crippen MR) is 144 cm³/mol. The van der Waals surface area contributed by atoms with Crippen molar-refractivity contribution in [2.24, 2.45) is 0 Å². The van der Waals surface area contributed by atoms with E-state index in [0.717, 1.165) is 6.33 Å². The molecule has 6 atom stereocenters. The number of aromatic nitrogens is 7. The topological polar surface area (TPSA) is 201 Å². The number of nitrogen functional groups attached to an aromatic ring is 1. The molecule has 2 aliphatic heterocycles. The van der Waals surface area contributed by atoms with Crippen molar-refractivity contribution in [3.63, 3.8) is 0 Å². The summed E-state index contributed by atoms with van der Waals surface area (Å²) in [5, 5.41) is 0. The van der Waals surface area contributed by atoms with Crippen LogP contribution in [0, 0.1) is 0 Å². The number of pyridine rings is 1. The van der Waals surface area contributed by atoms with Gasteiger partial charge in [0.05, 0.1) is 31.3 Å². The number of hydrogen-bond acceptors (Lipinski definition) is 13. The minimum absolute atomic E-state index is 0.0523. The van der Waals surface area contributed by atoms with E-state index in [2.05, 4.69) is 49.4 Å². The van der Waals surface area contributed by atoms with Crippen molar-refractivity contribution in [1.29, 1.82) is 0 Å². The Balaban J connectivity index is 1.38. The molecule has 0 amide bonds. The lowest BCUT2D eigenvalue weighted by molar-refractivity contribution is -0.0444. The summed E-state index contributed by atoms with van der Waals surface area (Å²) in [5.74, 6) is 0.0676. The second-order valence-electron chi connectivity index (χ2n) is 8.74. The maximum atomic E-state index is 15.8. The van der Waals surface area contributed by atoms with Crippen LogP contribution in [0.5, 0.6) is 0 Å². The maximum absolute atomic E-state index is 15.8. The lowest BCUT2D eigenvalue weighted by Gasteiger charge is -2.24. The van der Waals surface area contributed by atoms with Gasteiger partial charge in [0, 0.05) is 12.7 Å². The Bertz CT molecular complexity index is 1750. The Morgan fingerprint density at radius 2 is 2.00 bits per heavy atom. The highest BCUT2D eigenvalue weighted by Crippen LogP contribution is 2.58. The van der Waals surface area contributed by atoms with E-state index in [1.54, 1.807) is 16.8 Å². The van der Waals surface area contributed by atoms with Gasteiger partial charge in [0.25, 0.3) is 5.56 Å². The van der Waals surface area contributed by atoms with Crippen molar-refractivity contribution in [3.8, 4) is 0 Å². The summed E-state index contributed by atoms with van der Waals surface area (Å²) in [4.78, 5) is 31.1. The van der Waals surface area contributed by atoms with Crippen LogP contribution in [-0.4, -0.2) is 65.6 Å². The number of imidazole rings is 2. The standard InChI is InChI=1S/C19H21FN8O8P2S2/c20-13-11-6-33-37(30,39)32-4-3-27-10-1-2-22-5-9(10)24-12(27)7-34-38(31,40)36-15(13)18(35-11)28-8-23-14-16(28)25-19(21)26-17(14)29/h1-2,5,8,11,13,15,18H,3-4,6-7H2,(H,30,39)(H,31,40)(H3,21,25,26,29)/t11-,13-,15-,18-,37?,38?/m1/s1. The quantitative estimate of drug-likeness (QED) is 0.176. The number of fused-ring (bicyclic) bond motifs is 6. The van der Waals surface area contributed by atoms with Gasteiger partial charge in [0.1, 0.15) is 30.2 Å². The largest absolute Gasteiger partial charge is 0.387 e. The van der Waals surface area contributed by atoms with Crippen molar-refractivity contribution in [2.75, 3.05) is 18.9 Å². The molecule has 214 valence electrons. The molecule has 21 heteroatoms. The van der Waals surface area contributed by atoms with Gasteiger partial charge in [-0.25, -0.2) is 23.5 Å². The summed E-state index contributed by atoms with van der Waals surface area (Å²) in [6, 6.07) is 1.70. The highest BCUT2D eigenvalue weighted by atomic mass is 32.7. The average molecular weight is 635 g/mol. The molecule has 0 aliphatic carbocycles. The van der Waals surface area contributed by atoms with Crippen LogP contribution in [-0.2, 0) is 45.1 Å². The fraction of sp³-hybridized carbons (Fsp3) is 0.421. The Hall–Kier alpha value is -2.34. The van der Waals surface area contributed by atoms with Crippen LogP contribution in [0.3, 0.4) is 0 Å². The summed E-state index contributed by atoms with van der Waals surface area (Å²) in [7, 11) is 0. The normalized spacial score (nSPS) is 32.1. The summed E-state index contributed by atoms with van der Waals surface area (Å²) >= 11 is 8.05. The first-order valence-corrected chi connectivity index (χ1v) is 17.0. The highest BCUT2D eigenvalue weighted by molar-refractivity contribution is 8.44. The second-order valence-corrected chi connectivity index (χ2v) is 14.5. The third kappa shape index (κ3) is 5.33. The molecule has 0 spiro atoms. The average Bonchev–Trinajstić information content (AvgIpc) is 3.55. The molecular weight excluding hydrogens is 613 g/mol. The zero-order chi connectivity index (χ0) is 28.2. The molecule has 2 unspecified atom stereocenters. The molecule has 16 nitrogen and oxygen atoms in total. The molecule has 2 aliphatic rings. The summed E-state index contributed by atoms with van der Waals surface area (Å²) in [6.45, 7) is -9.18. The van der Waals surface area contributed by atoms with Crippen LogP contribution in [0.15, 0.2) is 29.6 Å². The number of nitrogens with zero attached hydrogens (tertiary/aromatic N) is 6. The molecule has 6 rings (SSSR count). The molecule has 3 N–H and O–H groups in total. The van der Waals surface area contributed by atoms with Gasteiger partial charge in [-0.05, 0) is 6.07 Å². The van der Waals surface area contributed by atoms with E-state index in [1.165, 1.54) is 10.8 Å². The van der Waals surface area contributed by atoms with Gasteiger partial charge >= 0.3 is 13.6 Å². The molecule has 0 aromatic carbocycles. The van der Waals surface area contributed by atoms with Gasteiger partial charge < -0.3 is 15.0 Å². The van der Waals surface area contributed by atoms with E-state index in [4.69, 9.17) is 28.6 Å². The van der Waals surface area contributed by atoms with Crippen LogP contribution < -0.4 is 11.3 Å². The molecule has 0 radical (unpaired) electrons. The van der Waals surface area contributed by atoms with Crippen LogP contribution in [0.25, 0.3) is 22.2 Å². The van der Waals surface area contributed by atoms with Gasteiger partial charge in [-0.1, -0.05) is 24.5 Å². The van der Waals surface area contributed by atoms with Crippen molar-refractivity contribution in [3.05, 3.63) is 41.0 Å². The van der Waals surface area contributed by atoms with Crippen LogP contribution in [0.1, 0.15) is 12.1 Å². The minimum atomic E-state index is -4.28. The Labute approximate surface area is 234 Å². The van der Waals surface area contributed by atoms with E-state index >= 15 is 4.39 Å². The molecular formula is C19H21FN8O8P2S2. The number of H-pyrrole nitrogens is 1. The lowest BCUT2D eigenvalue weighted by Crippen LogP contribution is -2.31. The minimum Gasteiger partial charge on any atom is -0.369 e. The first-order valence-electron chi connectivity index (χ1n) is 11.6. The predicted octanol–water partition coefficient (Wildman–Crippen LogP) is 2.41. The van der Waals surface area contributed by atoms with Gasteiger partial charge in [0.15, 0.2) is 23.6 Å². The summed E-state index contributed by atoms with van der Waals surface area (Å²) in [6.07, 6.45) is -2.20. The Kier molecular flexibility index (Phi) is 7.29. The van der Waals surface area contributed by atoms with Crippen molar-refractivity contribution in [2.45, 2.75) is 37.8 Å². The summed E-state index contributed by atoms with van der Waals surface area (Å²) in [5.41, 5.74) is 6.03. The SMILES string of the molecule is Nc1nc2c(ncn2[C@@H]2O[C@@H]3COP(=O)(S)OCCn4c(nc5cnccc54)COP(=O)(S)O[C@@H]2[C@@H]3F)c(=O)[nH]1. The summed E-state index contributed by atoms with van der Waals surface area (Å²) < 4.78 is 72.5. The van der Waals surface area contributed by atoms with E-state index in [9.17, 15) is 13.9 Å². The number of anilines is 1. The van der Waals surface area contributed by atoms with E-state index in [1.807, 2.05) is 0 Å². The number of aromatic amines is 1. The third-order valence-corrected chi connectivity index (χ3v) is 9.47. The smallest absolute Gasteiger partial charge is 0.369 e. The number of thiol groups is 2. The van der Waals surface area contributed by atoms with Crippen LogP contribution >= 0.6 is 38.1 Å². The number of rotatable bonds is 1. The number of nitrogens with two attached hydrogens (primary N) is 1. The number of halogens is 1. The van der Waals surface area contributed by atoms with E-state index in [0.29, 0.717) is 16.9 Å². The zero-order valence-corrected chi connectivity index (χ0v) is 23.7. The van der Waals surface area contributed by atoms with Crippen molar-refractivity contribution < 1.29 is 36.4 Å². The molecule has 6 heterocycles. The maximum Gasteiger partial charge on any atom is 0.387 e. The number of alkyl halides is 1. The molecule has 4 aromatic rings. The first-order chi connectivity index (χ1) is 19.0. The van der Waals surface area contributed by atoms with Gasteiger partial charge in [0.2, 0.25) is 5.95 Å². The van der Waals surface area contributed by atoms with Gasteiger partial charge in [-0.3, -0.25) is 37.4 Å². The third-order valence-electron chi connectivity index (χ3n) is 6.20. The molecule has 0 saturated carbocycles. The monoisotopic (exact) mass is 634 g/mol. The van der Waals surface area contributed by atoms with E-state index in [-0.39, 0.29) is 36.9 Å². The fourth-order valence-corrected chi connectivity index (χ4v) is 7.00. The Morgan fingerprint density at radius 3 is 2.83 bits per heavy atom. The molecule has 1 fully saturated rings. The molecule has 40 heavy (non-hydrogen) atoms. The molecule has 2 bridgehead atoms. The fourth-order valence-electron chi connectivity index (χ4n) is 4.46. The molecule has 1 saturated heterocycles. The number of ether oxygens (including phenoxy) is 1. The second kappa shape index (κ2) is 10.5. The highest BCUT2D eigenvalue weighted by Gasteiger charge is 2.51. The van der Waals surface area contributed by atoms with Crippen molar-refractivity contribution in [1.82, 2.24) is 34.1 Å². The van der Waals surface area contributed by atoms with E-state index < -0.39 is 50.4 Å². The lowest BCUT2D eigenvalue weighted by atomic mass is 10.1. The van der Waals surface area contributed by atoms with Gasteiger partial charge in [-0.2, -0.15) is 4.98 Å². The van der Waals surface area contributed by atoms with Gasteiger partial charge in [-0.15, -0.1) is 0 Å².